The van der Waals surface area contributed by atoms with E-state index in [9.17, 15) is 4.79 Å². The maximum Gasteiger partial charge on any atom is 0.302 e. The van der Waals surface area contributed by atoms with Crippen molar-refractivity contribution in [2.75, 3.05) is 33.7 Å². The van der Waals surface area contributed by atoms with Gasteiger partial charge in [-0.15, -0.1) is 0 Å². The Morgan fingerprint density at radius 3 is 2.19 bits per heavy atom. The third-order valence-corrected chi connectivity index (χ3v) is 4.71. The molecule has 32 heavy (non-hydrogen) atoms. The fraction of sp³-hybridized carbons (Fsp3) is 0.536. The van der Waals surface area contributed by atoms with Gasteiger partial charge in [0.2, 0.25) is 0 Å². The number of rotatable bonds is 11. The fourth-order valence-corrected chi connectivity index (χ4v) is 2.40. The van der Waals surface area contributed by atoms with Gasteiger partial charge in [0, 0.05) is 26.1 Å². The summed E-state index contributed by atoms with van der Waals surface area (Å²) in [4.78, 5) is 15.2. The molecule has 182 valence electrons. The fourth-order valence-electron chi connectivity index (χ4n) is 2.40. The van der Waals surface area contributed by atoms with Crippen molar-refractivity contribution in [3.05, 3.63) is 72.4 Å². The Morgan fingerprint density at radius 1 is 1.12 bits per heavy atom. The Balaban J connectivity index is 0. The van der Waals surface area contributed by atoms with Crippen LogP contribution in [0, 0.1) is 0 Å². The molecule has 1 unspecified atom stereocenters. The first kappa shape index (κ1) is 32.0. The molecule has 0 radical (unpaired) electrons. The predicted molar refractivity (Wildman–Crippen MR) is 141 cm³/mol. The minimum absolute atomic E-state index is 0.242. The van der Waals surface area contributed by atoms with Crippen LogP contribution in [-0.2, 0) is 16.1 Å². The first-order valence-electron chi connectivity index (χ1n) is 11.8. The molecule has 0 saturated heterocycles. The second-order valence-electron chi connectivity index (χ2n) is 7.87. The van der Waals surface area contributed by atoms with Gasteiger partial charge in [0.15, 0.2) is 0 Å². The van der Waals surface area contributed by atoms with Crippen molar-refractivity contribution in [3.63, 3.8) is 0 Å². The molecule has 1 rings (SSSR count). The third kappa shape index (κ3) is 19.8. The van der Waals surface area contributed by atoms with Crippen molar-refractivity contribution in [3.8, 4) is 0 Å². The smallest absolute Gasteiger partial charge is 0.302 e. The van der Waals surface area contributed by atoms with Crippen LogP contribution >= 0.6 is 0 Å². The number of benzene rings is 1. The van der Waals surface area contributed by atoms with Crippen LogP contribution in [-0.4, -0.2) is 55.5 Å². The van der Waals surface area contributed by atoms with Crippen LogP contribution in [0.15, 0.2) is 66.8 Å². The molecule has 4 heteroatoms. The normalized spacial score (nSPS) is 12.0. The Hall–Kier alpha value is -2.17. The lowest BCUT2D eigenvalue weighted by molar-refractivity contribution is -0.142. The van der Waals surface area contributed by atoms with Crippen molar-refractivity contribution < 1.29 is 9.53 Å². The molecular formula is C28H48N2O2. The Bertz CT molecular complexity index is 638. The van der Waals surface area contributed by atoms with E-state index < -0.39 is 0 Å². The highest BCUT2D eigenvalue weighted by atomic mass is 16.5. The number of hydrogen-bond acceptors (Lipinski definition) is 4. The van der Waals surface area contributed by atoms with Crippen LogP contribution in [0.1, 0.15) is 59.9 Å². The lowest BCUT2D eigenvalue weighted by Gasteiger charge is -2.27. The lowest BCUT2D eigenvalue weighted by Crippen LogP contribution is -2.36. The van der Waals surface area contributed by atoms with Gasteiger partial charge >= 0.3 is 5.97 Å². The molecule has 0 spiro atoms. The number of allylic oxidation sites excluding steroid dienone is 4. The maximum absolute atomic E-state index is 10.4. The highest BCUT2D eigenvalue weighted by Gasteiger charge is 2.10. The second-order valence-corrected chi connectivity index (χ2v) is 7.87. The topological polar surface area (TPSA) is 32.8 Å². The molecule has 0 aliphatic carbocycles. The summed E-state index contributed by atoms with van der Waals surface area (Å²) in [6.07, 6.45) is 10.5. The van der Waals surface area contributed by atoms with E-state index in [0.29, 0.717) is 12.6 Å². The van der Waals surface area contributed by atoms with Crippen molar-refractivity contribution in [1.29, 1.82) is 0 Å². The summed E-state index contributed by atoms with van der Waals surface area (Å²) in [7, 11) is 4.37. The summed E-state index contributed by atoms with van der Waals surface area (Å²) in [5.74, 6) is -0.242. The number of likely N-dealkylation sites (N-methyl/N-ethyl adjacent to an activating group) is 2. The molecular weight excluding hydrogens is 396 g/mol. The Labute approximate surface area is 198 Å². The second kappa shape index (κ2) is 22.0. The number of carbonyl (C=O) groups is 1. The SMILES string of the molecule is C=C/C(=C\C=C/C)CC(C)N(C)CCN(C)CC.CC(=O)OCc1ccccc1.CCC. The van der Waals surface area contributed by atoms with E-state index in [0.717, 1.165) is 31.6 Å². The summed E-state index contributed by atoms with van der Waals surface area (Å²) in [6, 6.07) is 10.1. The highest BCUT2D eigenvalue weighted by molar-refractivity contribution is 5.65. The van der Waals surface area contributed by atoms with Gasteiger partial charge in [-0.2, -0.15) is 0 Å². The zero-order valence-corrected chi connectivity index (χ0v) is 21.9. The molecule has 0 heterocycles. The minimum Gasteiger partial charge on any atom is -0.461 e. The Kier molecular flexibility index (Phi) is 22.0. The van der Waals surface area contributed by atoms with Gasteiger partial charge in [-0.3, -0.25) is 4.79 Å². The van der Waals surface area contributed by atoms with E-state index in [1.807, 2.05) is 49.4 Å². The highest BCUT2D eigenvalue weighted by Crippen LogP contribution is 2.11. The van der Waals surface area contributed by atoms with Gasteiger partial charge in [0.25, 0.3) is 0 Å². The molecule has 0 amide bonds. The predicted octanol–water partition coefficient (Wildman–Crippen LogP) is 6.50. The van der Waals surface area contributed by atoms with E-state index in [4.69, 9.17) is 4.74 Å². The first-order valence-corrected chi connectivity index (χ1v) is 11.8. The zero-order valence-electron chi connectivity index (χ0n) is 21.9. The number of ether oxygens (including phenoxy) is 1. The van der Waals surface area contributed by atoms with Gasteiger partial charge in [0.05, 0.1) is 0 Å². The summed E-state index contributed by atoms with van der Waals surface area (Å²) < 4.78 is 4.79. The number of hydrogen-bond donors (Lipinski definition) is 0. The lowest BCUT2D eigenvalue weighted by atomic mass is 10.1. The third-order valence-electron chi connectivity index (χ3n) is 4.71. The van der Waals surface area contributed by atoms with Crippen LogP contribution in [0.5, 0.6) is 0 Å². The zero-order chi connectivity index (χ0) is 24.8. The summed E-state index contributed by atoms with van der Waals surface area (Å²) in [5.41, 5.74) is 2.32. The monoisotopic (exact) mass is 444 g/mol. The van der Waals surface area contributed by atoms with Crippen LogP contribution < -0.4 is 0 Å². The average molecular weight is 445 g/mol. The standard InChI is InChI=1S/C16H30N2.C9H10O2.C3H8/c1-7-10-11-16(8-2)14-15(4)18(6)13-12-17(5)9-3;1-8(10)11-7-9-5-3-2-4-6-9;1-3-2/h7-8,10-11,15H,2,9,12-14H2,1,3-6H3;2-6H,7H2,1H3;3H2,1-2H3/b10-7-,16-11+;;. The number of nitrogens with zero attached hydrogens (tertiary/aromatic N) is 2. The molecule has 0 N–H and O–H groups in total. The molecule has 0 bridgehead atoms. The summed E-state index contributed by atoms with van der Waals surface area (Å²) >= 11 is 0. The Morgan fingerprint density at radius 2 is 1.72 bits per heavy atom. The van der Waals surface area contributed by atoms with Gasteiger partial charge in [0.1, 0.15) is 6.61 Å². The van der Waals surface area contributed by atoms with Gasteiger partial charge in [-0.05, 0) is 52.0 Å². The van der Waals surface area contributed by atoms with Gasteiger partial charge in [-0.1, -0.05) is 88.4 Å². The molecule has 0 aliphatic rings. The van der Waals surface area contributed by atoms with Crippen LogP contribution in [0.25, 0.3) is 0 Å². The summed E-state index contributed by atoms with van der Waals surface area (Å²) in [6.45, 7) is 19.8. The quantitative estimate of drug-likeness (QED) is 0.288. The van der Waals surface area contributed by atoms with E-state index in [-0.39, 0.29) is 5.97 Å². The minimum atomic E-state index is -0.242. The number of carbonyl (C=O) groups excluding carboxylic acids is 1. The van der Waals surface area contributed by atoms with Crippen LogP contribution in [0.3, 0.4) is 0 Å². The van der Waals surface area contributed by atoms with Crippen molar-refractivity contribution in [1.82, 2.24) is 9.80 Å². The van der Waals surface area contributed by atoms with E-state index >= 15 is 0 Å². The number of esters is 1. The molecule has 0 aromatic heterocycles. The van der Waals surface area contributed by atoms with Crippen molar-refractivity contribution >= 4 is 5.97 Å². The van der Waals surface area contributed by atoms with Crippen LogP contribution in [0.4, 0.5) is 0 Å². The largest absolute Gasteiger partial charge is 0.461 e. The molecule has 1 aromatic rings. The molecule has 0 aliphatic heterocycles. The molecule has 1 atom stereocenters. The van der Waals surface area contributed by atoms with E-state index in [1.54, 1.807) is 0 Å². The van der Waals surface area contributed by atoms with E-state index in [2.05, 4.69) is 70.3 Å². The van der Waals surface area contributed by atoms with Crippen molar-refractivity contribution in [2.24, 2.45) is 0 Å². The summed E-state index contributed by atoms with van der Waals surface area (Å²) in [5, 5.41) is 0. The maximum atomic E-state index is 10.4. The average Bonchev–Trinajstić information content (AvgIpc) is 2.79. The molecule has 0 saturated carbocycles. The van der Waals surface area contributed by atoms with Gasteiger partial charge < -0.3 is 14.5 Å². The molecule has 1 aromatic carbocycles. The first-order chi connectivity index (χ1) is 15.2. The van der Waals surface area contributed by atoms with Gasteiger partial charge in [-0.25, -0.2) is 0 Å². The van der Waals surface area contributed by atoms with Crippen molar-refractivity contribution in [2.45, 2.75) is 67.0 Å². The molecule has 0 fully saturated rings. The van der Waals surface area contributed by atoms with E-state index in [1.165, 1.54) is 18.9 Å². The molecule has 4 nitrogen and oxygen atoms in total. The van der Waals surface area contributed by atoms with Crippen LogP contribution in [0.2, 0.25) is 0 Å².